The Bertz CT molecular complexity index is 989. The number of nitrogens with zero attached hydrogens (tertiary/aromatic N) is 3. The Hall–Kier alpha value is -2.10. The number of anilines is 1. The van der Waals surface area contributed by atoms with E-state index in [4.69, 9.17) is 16.7 Å². The van der Waals surface area contributed by atoms with Crippen LogP contribution in [0.15, 0.2) is 24.4 Å². The van der Waals surface area contributed by atoms with Crippen molar-refractivity contribution in [2.75, 3.05) is 25.0 Å². The summed E-state index contributed by atoms with van der Waals surface area (Å²) in [5.41, 5.74) is 0.641. The standard InChI is InChI=1S/C21H23ClF3N5O/c22-16-6-15(21(23,24)25)2-3-17(16)27-19(31)20(4-1-5-20)30-11-14-10-29(12-18(14)28-30)9-13-7-26-8-13/h2-3,6,11,13,26H,1,4-5,7-10,12H2,(H,27,31). The molecule has 0 radical (unpaired) electrons. The third-order valence-corrected chi connectivity index (χ3v) is 6.93. The summed E-state index contributed by atoms with van der Waals surface area (Å²) in [6.45, 7) is 4.77. The Morgan fingerprint density at radius 3 is 2.61 bits per heavy atom. The van der Waals surface area contributed by atoms with Crippen LogP contribution in [0.3, 0.4) is 0 Å². The van der Waals surface area contributed by atoms with E-state index in [2.05, 4.69) is 15.5 Å². The number of nitrogens with one attached hydrogen (secondary N) is 2. The second-order valence-corrected chi connectivity index (χ2v) is 9.18. The van der Waals surface area contributed by atoms with Crippen LogP contribution < -0.4 is 10.6 Å². The quantitative estimate of drug-likeness (QED) is 0.726. The van der Waals surface area contributed by atoms with Gasteiger partial charge >= 0.3 is 6.18 Å². The molecule has 1 aromatic heterocycles. The number of carbonyl (C=O) groups is 1. The van der Waals surface area contributed by atoms with Crippen molar-refractivity contribution in [2.24, 2.45) is 5.92 Å². The topological polar surface area (TPSA) is 62.2 Å². The number of benzene rings is 1. The minimum atomic E-state index is -4.49. The minimum Gasteiger partial charge on any atom is -0.323 e. The van der Waals surface area contributed by atoms with Crippen LogP contribution in [-0.4, -0.2) is 40.2 Å². The summed E-state index contributed by atoms with van der Waals surface area (Å²) in [6.07, 6.45) is -0.370. The highest BCUT2D eigenvalue weighted by Gasteiger charge is 2.48. The number of aromatic nitrogens is 2. The summed E-state index contributed by atoms with van der Waals surface area (Å²) in [5.74, 6) is 0.396. The smallest absolute Gasteiger partial charge is 0.323 e. The van der Waals surface area contributed by atoms with Gasteiger partial charge in [-0.1, -0.05) is 11.6 Å². The molecule has 1 aromatic carbocycles. The molecule has 0 unspecified atom stereocenters. The highest BCUT2D eigenvalue weighted by atomic mass is 35.5. The maximum Gasteiger partial charge on any atom is 0.416 e. The van der Waals surface area contributed by atoms with E-state index >= 15 is 0 Å². The van der Waals surface area contributed by atoms with Gasteiger partial charge in [-0.25, -0.2) is 0 Å². The highest BCUT2D eigenvalue weighted by molar-refractivity contribution is 6.33. The summed E-state index contributed by atoms with van der Waals surface area (Å²) >= 11 is 6.02. The van der Waals surface area contributed by atoms with E-state index in [1.54, 1.807) is 4.68 Å². The van der Waals surface area contributed by atoms with Crippen LogP contribution in [0, 0.1) is 5.92 Å². The number of alkyl halides is 3. The fraction of sp³-hybridized carbons (Fsp3) is 0.524. The third-order valence-electron chi connectivity index (χ3n) is 6.61. The summed E-state index contributed by atoms with van der Waals surface area (Å²) < 4.78 is 40.4. The summed E-state index contributed by atoms with van der Waals surface area (Å²) in [5, 5.41) is 10.6. The van der Waals surface area contributed by atoms with Crippen LogP contribution in [0.4, 0.5) is 18.9 Å². The number of fused-ring (bicyclic) bond motifs is 1. The Morgan fingerprint density at radius 1 is 1.29 bits per heavy atom. The lowest BCUT2D eigenvalue weighted by molar-refractivity contribution is -0.137. The molecule has 0 atom stereocenters. The number of rotatable bonds is 5. The van der Waals surface area contributed by atoms with Gasteiger partial charge in [-0.05, 0) is 43.4 Å². The van der Waals surface area contributed by atoms with E-state index < -0.39 is 17.3 Å². The van der Waals surface area contributed by atoms with Gasteiger partial charge in [0, 0.05) is 44.5 Å². The van der Waals surface area contributed by atoms with E-state index in [0.717, 1.165) is 62.5 Å². The molecule has 1 aliphatic carbocycles. The molecule has 3 aliphatic rings. The molecule has 1 saturated heterocycles. The first-order valence-electron chi connectivity index (χ1n) is 10.4. The number of hydrogen-bond donors (Lipinski definition) is 2. The molecule has 2 fully saturated rings. The van der Waals surface area contributed by atoms with Gasteiger partial charge in [0.15, 0.2) is 0 Å². The van der Waals surface area contributed by atoms with Gasteiger partial charge in [0.25, 0.3) is 5.91 Å². The van der Waals surface area contributed by atoms with Crippen molar-refractivity contribution in [2.45, 2.75) is 44.1 Å². The zero-order valence-corrected chi connectivity index (χ0v) is 17.6. The van der Waals surface area contributed by atoms with Crippen LogP contribution in [0.1, 0.15) is 36.1 Å². The van der Waals surface area contributed by atoms with Crippen LogP contribution in [0.2, 0.25) is 5.02 Å². The predicted octanol–water partition coefficient (Wildman–Crippen LogP) is 3.61. The van der Waals surface area contributed by atoms with Crippen molar-refractivity contribution in [3.63, 3.8) is 0 Å². The van der Waals surface area contributed by atoms with Crippen molar-refractivity contribution < 1.29 is 18.0 Å². The van der Waals surface area contributed by atoms with E-state index in [1.807, 2.05) is 6.20 Å². The number of hydrogen-bond acceptors (Lipinski definition) is 4. The molecule has 2 aromatic rings. The Kier molecular flexibility index (Phi) is 5.02. The maximum atomic E-state index is 13.2. The van der Waals surface area contributed by atoms with Crippen molar-refractivity contribution in [3.8, 4) is 0 Å². The fourth-order valence-corrected chi connectivity index (χ4v) is 4.74. The average molecular weight is 454 g/mol. The van der Waals surface area contributed by atoms with E-state index in [9.17, 15) is 18.0 Å². The number of carbonyl (C=O) groups excluding carboxylic acids is 1. The molecule has 10 heteroatoms. The normalized spacial score (nSPS) is 20.8. The van der Waals surface area contributed by atoms with E-state index in [0.29, 0.717) is 18.8 Å². The molecule has 166 valence electrons. The molecule has 0 bridgehead atoms. The average Bonchev–Trinajstić information content (AvgIpc) is 3.17. The molecule has 6 nitrogen and oxygen atoms in total. The summed E-state index contributed by atoms with van der Waals surface area (Å²) in [4.78, 5) is 15.5. The molecule has 3 heterocycles. The summed E-state index contributed by atoms with van der Waals surface area (Å²) in [7, 11) is 0. The molecule has 1 amide bonds. The molecular formula is C21H23ClF3N5O. The van der Waals surface area contributed by atoms with Gasteiger partial charge in [-0.15, -0.1) is 0 Å². The molecule has 2 aliphatic heterocycles. The minimum absolute atomic E-state index is 0.137. The molecule has 0 spiro atoms. The van der Waals surface area contributed by atoms with Crippen LogP contribution in [0.5, 0.6) is 0 Å². The highest BCUT2D eigenvalue weighted by Crippen LogP contribution is 2.42. The zero-order valence-electron chi connectivity index (χ0n) is 16.8. The van der Waals surface area contributed by atoms with Crippen LogP contribution in [0.25, 0.3) is 0 Å². The first kappa shape index (κ1) is 20.8. The van der Waals surface area contributed by atoms with E-state index in [-0.39, 0.29) is 16.6 Å². The first-order chi connectivity index (χ1) is 14.7. The molecule has 31 heavy (non-hydrogen) atoms. The van der Waals surface area contributed by atoms with Gasteiger partial charge in [-0.3, -0.25) is 14.4 Å². The fourth-order valence-electron chi connectivity index (χ4n) is 4.51. The Labute approximate surface area is 182 Å². The van der Waals surface area contributed by atoms with Crippen molar-refractivity contribution in [1.29, 1.82) is 0 Å². The van der Waals surface area contributed by atoms with Crippen molar-refractivity contribution >= 4 is 23.2 Å². The second-order valence-electron chi connectivity index (χ2n) is 8.77. The van der Waals surface area contributed by atoms with Gasteiger partial charge in [0.1, 0.15) is 5.54 Å². The zero-order chi connectivity index (χ0) is 21.8. The van der Waals surface area contributed by atoms with Gasteiger partial charge in [0.2, 0.25) is 0 Å². The van der Waals surface area contributed by atoms with Gasteiger partial charge in [-0.2, -0.15) is 18.3 Å². The first-order valence-corrected chi connectivity index (χ1v) is 10.8. The molecule has 5 rings (SSSR count). The SMILES string of the molecule is O=C(Nc1ccc(C(F)(F)F)cc1Cl)C1(n2cc3c(n2)CN(CC2CNC2)C3)CCC1. The Morgan fingerprint density at radius 2 is 2.06 bits per heavy atom. The Balaban J connectivity index is 1.31. The summed E-state index contributed by atoms with van der Waals surface area (Å²) in [6, 6.07) is 2.95. The molecule has 2 N–H and O–H groups in total. The van der Waals surface area contributed by atoms with Crippen molar-refractivity contribution in [3.05, 3.63) is 46.2 Å². The maximum absolute atomic E-state index is 13.2. The van der Waals surface area contributed by atoms with Crippen LogP contribution >= 0.6 is 11.6 Å². The third kappa shape index (κ3) is 3.72. The largest absolute Gasteiger partial charge is 0.416 e. The predicted molar refractivity (Wildman–Crippen MR) is 110 cm³/mol. The lowest BCUT2D eigenvalue weighted by atomic mass is 9.76. The molecular weight excluding hydrogens is 431 g/mol. The number of amides is 1. The lowest BCUT2D eigenvalue weighted by Crippen LogP contribution is -2.51. The molecule has 1 saturated carbocycles. The second kappa shape index (κ2) is 7.50. The monoisotopic (exact) mass is 453 g/mol. The van der Waals surface area contributed by atoms with Crippen molar-refractivity contribution in [1.82, 2.24) is 20.0 Å². The van der Waals surface area contributed by atoms with Gasteiger partial charge in [0.05, 0.1) is 22.0 Å². The van der Waals surface area contributed by atoms with Gasteiger partial charge < -0.3 is 10.6 Å². The van der Waals surface area contributed by atoms with Crippen LogP contribution in [-0.2, 0) is 29.6 Å². The lowest BCUT2D eigenvalue weighted by Gasteiger charge is -2.40. The number of halogens is 4. The van der Waals surface area contributed by atoms with E-state index in [1.165, 1.54) is 6.07 Å².